The van der Waals surface area contributed by atoms with Crippen molar-refractivity contribution in [3.63, 3.8) is 0 Å². The Morgan fingerprint density at radius 2 is 2.03 bits per heavy atom. The van der Waals surface area contributed by atoms with E-state index in [1.807, 2.05) is 26.8 Å². The zero-order valence-corrected chi connectivity index (χ0v) is 19.7. The Labute approximate surface area is 198 Å². The molecule has 0 saturated heterocycles. The SMILES string of the molecule is [C-]#[N+]c1ccc2c(c1)c1c(n2C(=O)NCc2ccnc(OC)c2)CCN(C(=O)OC(C)(C)C)C1. The van der Waals surface area contributed by atoms with Crippen LogP contribution in [0.5, 0.6) is 5.88 Å². The molecule has 3 aromatic rings. The quantitative estimate of drug-likeness (QED) is 0.574. The fourth-order valence-corrected chi connectivity index (χ4v) is 4.06. The molecule has 34 heavy (non-hydrogen) atoms. The molecule has 2 amide bonds. The highest BCUT2D eigenvalue weighted by Gasteiger charge is 2.31. The van der Waals surface area contributed by atoms with Crippen molar-refractivity contribution in [2.45, 2.75) is 45.9 Å². The van der Waals surface area contributed by atoms with Crippen LogP contribution in [0.25, 0.3) is 15.7 Å². The van der Waals surface area contributed by atoms with E-state index in [4.69, 9.17) is 16.0 Å². The topological polar surface area (TPSA) is 90.1 Å². The summed E-state index contributed by atoms with van der Waals surface area (Å²) in [6.07, 6.45) is 1.73. The predicted molar refractivity (Wildman–Crippen MR) is 127 cm³/mol. The third-order valence-corrected chi connectivity index (χ3v) is 5.57. The molecule has 1 aliphatic heterocycles. The number of carbonyl (C=O) groups is 2. The summed E-state index contributed by atoms with van der Waals surface area (Å²) in [5.74, 6) is 0.476. The highest BCUT2D eigenvalue weighted by atomic mass is 16.6. The molecule has 0 fully saturated rings. The van der Waals surface area contributed by atoms with E-state index in [0.717, 1.165) is 22.2 Å². The minimum Gasteiger partial charge on any atom is -0.481 e. The molecule has 4 rings (SSSR count). The molecule has 1 N–H and O–H groups in total. The number of rotatable bonds is 3. The van der Waals surface area contributed by atoms with Gasteiger partial charge in [0.2, 0.25) is 5.88 Å². The molecule has 0 bridgehead atoms. The van der Waals surface area contributed by atoms with E-state index in [2.05, 4.69) is 15.1 Å². The molecule has 3 heterocycles. The number of carbonyl (C=O) groups excluding carboxylic acids is 2. The first kappa shape index (κ1) is 23.1. The van der Waals surface area contributed by atoms with Crippen molar-refractivity contribution in [3.05, 3.63) is 64.8 Å². The van der Waals surface area contributed by atoms with Crippen molar-refractivity contribution in [2.24, 2.45) is 0 Å². The number of ether oxygens (including phenoxy) is 2. The standard InChI is InChI=1S/C25H27N5O4/c1-25(2,3)34-24(32)29-11-9-21-19(15-29)18-13-17(26-4)6-7-20(18)30(21)23(31)28-14-16-8-10-27-22(12-16)33-5/h6-8,10,12-13H,9,11,14-15H2,1-3,5H3,(H,28,31). The zero-order chi connectivity index (χ0) is 24.5. The Hall–Kier alpha value is -4.06. The molecule has 1 aliphatic rings. The van der Waals surface area contributed by atoms with Gasteiger partial charge in [-0.25, -0.2) is 19.4 Å². The number of nitrogens with zero attached hydrogens (tertiary/aromatic N) is 4. The van der Waals surface area contributed by atoms with E-state index in [1.165, 1.54) is 0 Å². The van der Waals surface area contributed by atoms with Gasteiger partial charge in [-0.2, -0.15) is 0 Å². The van der Waals surface area contributed by atoms with Crippen molar-refractivity contribution in [2.75, 3.05) is 13.7 Å². The first-order valence-corrected chi connectivity index (χ1v) is 11.0. The number of amides is 2. The molecule has 0 unspecified atom stereocenters. The molecule has 0 aliphatic carbocycles. The van der Waals surface area contributed by atoms with Gasteiger partial charge in [-0.1, -0.05) is 6.07 Å². The Balaban J connectivity index is 1.66. The van der Waals surface area contributed by atoms with Crippen LogP contribution in [0.15, 0.2) is 36.5 Å². The molecule has 9 heteroatoms. The maximum absolute atomic E-state index is 13.3. The lowest BCUT2D eigenvalue weighted by Crippen LogP contribution is -2.40. The molecule has 176 valence electrons. The third kappa shape index (κ3) is 4.66. The molecule has 9 nitrogen and oxygen atoms in total. The van der Waals surface area contributed by atoms with E-state index in [9.17, 15) is 9.59 Å². The van der Waals surface area contributed by atoms with E-state index in [-0.39, 0.29) is 6.03 Å². The maximum atomic E-state index is 13.3. The summed E-state index contributed by atoms with van der Waals surface area (Å²) in [5.41, 5.74) is 3.13. The van der Waals surface area contributed by atoms with Crippen molar-refractivity contribution in [1.29, 1.82) is 0 Å². The number of hydrogen-bond acceptors (Lipinski definition) is 5. The Morgan fingerprint density at radius 3 is 2.74 bits per heavy atom. The van der Waals surface area contributed by atoms with Crippen LogP contribution in [-0.2, 0) is 24.2 Å². The third-order valence-electron chi connectivity index (χ3n) is 5.57. The van der Waals surface area contributed by atoms with Gasteiger partial charge >= 0.3 is 12.1 Å². The summed E-state index contributed by atoms with van der Waals surface area (Å²) in [5, 5.41) is 3.75. The van der Waals surface area contributed by atoms with Gasteiger partial charge in [-0.05, 0) is 55.5 Å². The molecule has 2 aromatic heterocycles. The molecule has 1 aromatic carbocycles. The molecular weight excluding hydrogens is 434 g/mol. The van der Waals surface area contributed by atoms with Gasteiger partial charge < -0.3 is 19.7 Å². The minimum absolute atomic E-state index is 0.275. The van der Waals surface area contributed by atoms with E-state index in [1.54, 1.807) is 47.0 Å². The smallest absolute Gasteiger partial charge is 0.410 e. The lowest BCUT2D eigenvalue weighted by Gasteiger charge is -2.30. The second-order valence-electron chi connectivity index (χ2n) is 9.09. The van der Waals surface area contributed by atoms with E-state index < -0.39 is 11.7 Å². The number of fused-ring (bicyclic) bond motifs is 3. The number of hydrogen-bond donors (Lipinski definition) is 1. The number of methoxy groups -OCH3 is 1. The Bertz CT molecular complexity index is 1300. The minimum atomic E-state index is -0.599. The highest BCUT2D eigenvalue weighted by Crippen LogP contribution is 2.34. The normalized spacial score (nSPS) is 13.2. The summed E-state index contributed by atoms with van der Waals surface area (Å²) < 4.78 is 12.4. The first-order valence-electron chi connectivity index (χ1n) is 11.0. The summed E-state index contributed by atoms with van der Waals surface area (Å²) >= 11 is 0. The number of pyridine rings is 1. The summed E-state index contributed by atoms with van der Waals surface area (Å²) in [6, 6.07) is 8.56. The van der Waals surface area contributed by atoms with Crippen molar-refractivity contribution in [1.82, 2.24) is 19.8 Å². The van der Waals surface area contributed by atoms with Crippen LogP contribution in [-0.4, -0.2) is 45.8 Å². The molecule has 0 spiro atoms. The van der Waals surface area contributed by atoms with Crippen LogP contribution in [0.1, 0.15) is 37.6 Å². The van der Waals surface area contributed by atoms with Crippen LogP contribution in [0, 0.1) is 6.57 Å². The van der Waals surface area contributed by atoms with Crippen LogP contribution in [0.3, 0.4) is 0 Å². The first-order chi connectivity index (χ1) is 16.2. The summed E-state index contributed by atoms with van der Waals surface area (Å²) in [7, 11) is 1.54. The average Bonchev–Trinajstić information content (AvgIpc) is 3.14. The Kier molecular flexibility index (Phi) is 6.16. The molecule has 0 radical (unpaired) electrons. The van der Waals surface area contributed by atoms with Crippen molar-refractivity contribution in [3.8, 4) is 5.88 Å². The monoisotopic (exact) mass is 461 g/mol. The van der Waals surface area contributed by atoms with Crippen LogP contribution < -0.4 is 10.1 Å². The van der Waals surface area contributed by atoms with Gasteiger partial charge in [0.1, 0.15) is 5.60 Å². The molecule has 0 saturated carbocycles. The van der Waals surface area contributed by atoms with Crippen LogP contribution >= 0.6 is 0 Å². The number of benzene rings is 1. The summed E-state index contributed by atoms with van der Waals surface area (Å²) in [6.45, 7) is 13.9. The maximum Gasteiger partial charge on any atom is 0.410 e. The van der Waals surface area contributed by atoms with Crippen LogP contribution in [0.4, 0.5) is 15.3 Å². The van der Waals surface area contributed by atoms with Gasteiger partial charge in [0, 0.05) is 37.5 Å². The van der Waals surface area contributed by atoms with Crippen molar-refractivity contribution < 1.29 is 19.1 Å². The second-order valence-corrected chi connectivity index (χ2v) is 9.09. The lowest BCUT2D eigenvalue weighted by atomic mass is 10.0. The van der Waals surface area contributed by atoms with Gasteiger partial charge in [0.25, 0.3) is 0 Å². The van der Waals surface area contributed by atoms with Gasteiger partial charge in [-0.15, -0.1) is 0 Å². The van der Waals surface area contributed by atoms with Gasteiger partial charge in [0.15, 0.2) is 5.69 Å². The predicted octanol–water partition coefficient (Wildman–Crippen LogP) is 4.65. The van der Waals surface area contributed by atoms with E-state index in [0.29, 0.717) is 43.1 Å². The highest BCUT2D eigenvalue weighted by molar-refractivity contribution is 5.97. The van der Waals surface area contributed by atoms with Gasteiger partial charge in [-0.3, -0.25) is 4.57 Å². The second kappa shape index (κ2) is 9.06. The lowest BCUT2D eigenvalue weighted by molar-refractivity contribution is 0.0224. The number of aromatic nitrogens is 2. The number of nitrogens with one attached hydrogen (secondary N) is 1. The molecular formula is C25H27N5O4. The molecule has 0 atom stereocenters. The average molecular weight is 462 g/mol. The summed E-state index contributed by atoms with van der Waals surface area (Å²) in [4.78, 5) is 35.3. The van der Waals surface area contributed by atoms with Crippen LogP contribution in [0.2, 0.25) is 0 Å². The van der Waals surface area contributed by atoms with Crippen molar-refractivity contribution >= 4 is 28.7 Å². The fraction of sp³-hybridized carbons (Fsp3) is 0.360. The fourth-order valence-electron chi connectivity index (χ4n) is 4.06. The van der Waals surface area contributed by atoms with Gasteiger partial charge in [0.05, 0.1) is 25.7 Å². The zero-order valence-electron chi connectivity index (χ0n) is 19.7. The largest absolute Gasteiger partial charge is 0.481 e. The Morgan fingerprint density at radius 1 is 1.24 bits per heavy atom. The van der Waals surface area contributed by atoms with E-state index >= 15 is 0 Å².